The maximum Gasteiger partial charge on any atom is 0.237 e. The van der Waals surface area contributed by atoms with E-state index >= 15 is 0 Å². The number of amides is 1. The molecular weight excluding hydrogens is 356 g/mol. The van der Waals surface area contributed by atoms with Crippen LogP contribution in [0, 0.1) is 20.8 Å². The average molecular weight is 381 g/mol. The van der Waals surface area contributed by atoms with E-state index in [4.69, 9.17) is 4.74 Å². The largest absolute Gasteiger partial charge is 0.383 e. The van der Waals surface area contributed by atoms with Crippen molar-refractivity contribution in [3.63, 3.8) is 0 Å². The molecule has 0 fully saturated rings. The predicted octanol–water partition coefficient (Wildman–Crippen LogP) is 3.64. The highest BCUT2D eigenvalue weighted by Gasteiger charge is 2.18. The summed E-state index contributed by atoms with van der Waals surface area (Å²) in [5.74, 6) is -0.0378. The molecule has 1 heterocycles. The fraction of sp³-hybridized carbons (Fsp3) is 0.471. The van der Waals surface area contributed by atoms with Gasteiger partial charge in [0.05, 0.1) is 11.9 Å². The van der Waals surface area contributed by atoms with Gasteiger partial charge in [0, 0.05) is 19.3 Å². The highest BCUT2D eigenvalue weighted by molar-refractivity contribution is 8.02. The third-order valence-electron chi connectivity index (χ3n) is 3.56. The standard InChI is InChI=1S/C17H24N4O2S2/c1-10-8-11(2)14(12(3)9-10)19-15(22)13(4)24-17-21-20-16(25-17)18-6-7-23-5/h8-9,13H,6-7H2,1-5H3,(H,18,20)(H,19,22)/t13-/m1/s1. The first kappa shape index (κ1) is 19.7. The van der Waals surface area contributed by atoms with Crippen LogP contribution in [0.2, 0.25) is 0 Å². The molecule has 0 spiro atoms. The quantitative estimate of drug-likeness (QED) is 0.538. The Morgan fingerprint density at radius 1 is 1.28 bits per heavy atom. The van der Waals surface area contributed by atoms with Gasteiger partial charge in [-0.1, -0.05) is 40.8 Å². The van der Waals surface area contributed by atoms with Crippen molar-refractivity contribution in [1.29, 1.82) is 0 Å². The van der Waals surface area contributed by atoms with Gasteiger partial charge >= 0.3 is 0 Å². The zero-order valence-corrected chi connectivity index (χ0v) is 16.8. The summed E-state index contributed by atoms with van der Waals surface area (Å²) in [6.45, 7) is 9.23. The van der Waals surface area contributed by atoms with Gasteiger partial charge in [0.25, 0.3) is 0 Å². The molecule has 0 aliphatic heterocycles. The van der Waals surface area contributed by atoms with Crippen LogP contribution in [0.25, 0.3) is 0 Å². The van der Waals surface area contributed by atoms with Gasteiger partial charge in [0.15, 0.2) is 4.34 Å². The molecule has 136 valence electrons. The Bertz CT molecular complexity index is 710. The molecule has 2 rings (SSSR count). The number of aromatic nitrogens is 2. The van der Waals surface area contributed by atoms with Gasteiger partial charge in [0.2, 0.25) is 11.0 Å². The summed E-state index contributed by atoms with van der Waals surface area (Å²) in [5, 5.41) is 14.8. The average Bonchev–Trinajstić information content (AvgIpc) is 2.98. The molecule has 1 aromatic heterocycles. The number of ether oxygens (including phenoxy) is 1. The number of thioether (sulfide) groups is 1. The summed E-state index contributed by atoms with van der Waals surface area (Å²) in [7, 11) is 1.65. The van der Waals surface area contributed by atoms with Crippen molar-refractivity contribution < 1.29 is 9.53 Å². The van der Waals surface area contributed by atoms with Crippen molar-refractivity contribution in [2.45, 2.75) is 37.3 Å². The molecule has 0 saturated heterocycles. The van der Waals surface area contributed by atoms with Crippen LogP contribution in [0.5, 0.6) is 0 Å². The van der Waals surface area contributed by atoms with E-state index in [1.54, 1.807) is 7.11 Å². The van der Waals surface area contributed by atoms with Crippen LogP contribution in [0.4, 0.5) is 10.8 Å². The highest BCUT2D eigenvalue weighted by Crippen LogP contribution is 2.30. The van der Waals surface area contributed by atoms with Crippen molar-refractivity contribution in [2.75, 3.05) is 30.9 Å². The maximum atomic E-state index is 12.5. The molecule has 1 amide bonds. The minimum absolute atomic E-state index is 0.0378. The number of rotatable bonds is 8. The Hall–Kier alpha value is -1.64. The van der Waals surface area contributed by atoms with Gasteiger partial charge in [0.1, 0.15) is 0 Å². The van der Waals surface area contributed by atoms with E-state index in [1.807, 2.05) is 20.8 Å². The molecule has 0 unspecified atom stereocenters. The number of nitrogens with zero attached hydrogens (tertiary/aromatic N) is 2. The lowest BCUT2D eigenvalue weighted by Crippen LogP contribution is -2.23. The second-order valence-electron chi connectivity index (χ2n) is 5.82. The topological polar surface area (TPSA) is 76.1 Å². The van der Waals surface area contributed by atoms with Crippen molar-refractivity contribution >= 4 is 39.8 Å². The van der Waals surface area contributed by atoms with E-state index in [-0.39, 0.29) is 11.2 Å². The van der Waals surface area contributed by atoms with Crippen LogP contribution in [0.3, 0.4) is 0 Å². The van der Waals surface area contributed by atoms with Crippen LogP contribution in [0.1, 0.15) is 23.6 Å². The molecule has 0 bridgehead atoms. The maximum absolute atomic E-state index is 12.5. The zero-order chi connectivity index (χ0) is 18.4. The summed E-state index contributed by atoms with van der Waals surface area (Å²) in [6, 6.07) is 4.15. The number of aryl methyl sites for hydroxylation is 3. The summed E-state index contributed by atoms with van der Waals surface area (Å²) in [4.78, 5) is 12.5. The molecule has 2 N–H and O–H groups in total. The second-order valence-corrected chi connectivity index (χ2v) is 8.38. The van der Waals surface area contributed by atoms with Gasteiger partial charge in [-0.15, -0.1) is 10.2 Å². The molecule has 8 heteroatoms. The van der Waals surface area contributed by atoms with Gasteiger partial charge < -0.3 is 15.4 Å². The minimum Gasteiger partial charge on any atom is -0.383 e. The van der Waals surface area contributed by atoms with E-state index in [9.17, 15) is 4.79 Å². The molecule has 0 saturated carbocycles. The predicted molar refractivity (Wildman–Crippen MR) is 105 cm³/mol. The minimum atomic E-state index is -0.264. The zero-order valence-electron chi connectivity index (χ0n) is 15.2. The number of benzene rings is 1. The third kappa shape index (κ3) is 5.69. The van der Waals surface area contributed by atoms with E-state index in [1.165, 1.54) is 28.7 Å². The first-order chi connectivity index (χ1) is 11.9. The van der Waals surface area contributed by atoms with Crippen LogP contribution >= 0.6 is 23.1 Å². The summed E-state index contributed by atoms with van der Waals surface area (Å²) in [6.07, 6.45) is 0. The first-order valence-corrected chi connectivity index (χ1v) is 9.72. The van der Waals surface area contributed by atoms with Crippen LogP contribution < -0.4 is 10.6 Å². The third-order valence-corrected chi connectivity index (χ3v) is 5.63. The molecule has 0 aliphatic carbocycles. The SMILES string of the molecule is COCCNc1nnc(S[C@H](C)C(=O)Nc2c(C)cc(C)cc2C)s1. The van der Waals surface area contributed by atoms with Gasteiger partial charge in [-0.3, -0.25) is 4.79 Å². The summed E-state index contributed by atoms with van der Waals surface area (Å²) < 4.78 is 5.75. The Kier molecular flexibility index (Phi) is 7.22. The molecule has 1 atom stereocenters. The number of carbonyl (C=O) groups excluding carboxylic acids is 1. The number of carbonyl (C=O) groups is 1. The smallest absolute Gasteiger partial charge is 0.237 e. The van der Waals surface area contributed by atoms with E-state index < -0.39 is 0 Å². The van der Waals surface area contributed by atoms with Gasteiger partial charge in [-0.05, 0) is 38.8 Å². The number of anilines is 2. The van der Waals surface area contributed by atoms with Crippen LogP contribution in [-0.4, -0.2) is 41.6 Å². The Balaban J connectivity index is 1.94. The fourth-order valence-electron chi connectivity index (χ4n) is 2.40. The van der Waals surface area contributed by atoms with Crippen molar-refractivity contribution in [1.82, 2.24) is 10.2 Å². The lowest BCUT2D eigenvalue weighted by molar-refractivity contribution is -0.115. The Morgan fingerprint density at radius 2 is 1.96 bits per heavy atom. The fourth-order valence-corrected chi connectivity index (χ4v) is 4.32. The number of nitrogens with one attached hydrogen (secondary N) is 2. The molecule has 25 heavy (non-hydrogen) atoms. The summed E-state index contributed by atoms with van der Waals surface area (Å²) >= 11 is 2.85. The van der Waals surface area contributed by atoms with E-state index in [0.29, 0.717) is 13.2 Å². The molecular formula is C17H24N4O2S2. The number of methoxy groups -OCH3 is 1. The van der Waals surface area contributed by atoms with Crippen LogP contribution in [0.15, 0.2) is 16.5 Å². The molecule has 2 aromatic rings. The lowest BCUT2D eigenvalue weighted by atomic mass is 10.1. The Labute approximate surface area is 156 Å². The van der Waals surface area contributed by atoms with Gasteiger partial charge in [-0.2, -0.15) is 0 Å². The lowest BCUT2D eigenvalue weighted by Gasteiger charge is -2.15. The van der Waals surface area contributed by atoms with E-state index in [2.05, 4.69) is 39.9 Å². The molecule has 0 aliphatic rings. The molecule has 6 nitrogen and oxygen atoms in total. The number of hydrogen-bond acceptors (Lipinski definition) is 7. The normalized spacial score (nSPS) is 12.0. The van der Waals surface area contributed by atoms with Crippen LogP contribution in [-0.2, 0) is 9.53 Å². The summed E-state index contributed by atoms with van der Waals surface area (Å²) in [5.41, 5.74) is 4.23. The van der Waals surface area contributed by atoms with Gasteiger partial charge in [-0.25, -0.2) is 0 Å². The molecule has 1 aromatic carbocycles. The van der Waals surface area contributed by atoms with Crippen molar-refractivity contribution in [3.05, 3.63) is 28.8 Å². The monoisotopic (exact) mass is 380 g/mol. The molecule has 0 radical (unpaired) electrons. The van der Waals surface area contributed by atoms with Crippen molar-refractivity contribution in [2.24, 2.45) is 0 Å². The second kappa shape index (κ2) is 9.17. The van der Waals surface area contributed by atoms with Crippen molar-refractivity contribution in [3.8, 4) is 0 Å². The highest BCUT2D eigenvalue weighted by atomic mass is 32.2. The first-order valence-electron chi connectivity index (χ1n) is 8.02. The number of hydrogen-bond donors (Lipinski definition) is 2. The Morgan fingerprint density at radius 3 is 2.60 bits per heavy atom. The van der Waals surface area contributed by atoms with E-state index in [0.717, 1.165) is 26.3 Å².